The number of aromatic nitrogens is 4. The molecule has 9 heteroatoms. The number of amides is 1. The molecule has 0 aliphatic heterocycles. The van der Waals surface area contributed by atoms with Crippen LogP contribution in [0.25, 0.3) is 17.0 Å². The van der Waals surface area contributed by atoms with Gasteiger partial charge >= 0.3 is 0 Å². The summed E-state index contributed by atoms with van der Waals surface area (Å²) >= 11 is 0. The summed E-state index contributed by atoms with van der Waals surface area (Å²) in [5.41, 5.74) is 1.27. The number of alkyl halides is 1. The normalized spacial score (nSPS) is 12.9. The Kier molecular flexibility index (Phi) is 5.78. The molecule has 0 aliphatic carbocycles. The van der Waals surface area contributed by atoms with Crippen molar-refractivity contribution in [1.29, 1.82) is 0 Å². The topological polar surface area (TPSA) is 104 Å². The van der Waals surface area contributed by atoms with Gasteiger partial charge in [0.05, 0.1) is 35.3 Å². The molecular weight excluding hydrogens is 375 g/mol. The molecule has 0 bridgehead atoms. The van der Waals surface area contributed by atoms with Crippen LogP contribution < -0.4 is 10.6 Å². The predicted octanol–water partition coefficient (Wildman–Crippen LogP) is 2.45. The van der Waals surface area contributed by atoms with Crippen LogP contribution in [0.1, 0.15) is 38.1 Å². The first-order valence-electron chi connectivity index (χ1n) is 9.37. The Morgan fingerprint density at radius 1 is 1.31 bits per heavy atom. The largest absolute Gasteiger partial charge is 0.387 e. The highest BCUT2D eigenvalue weighted by Crippen LogP contribution is 2.24. The van der Waals surface area contributed by atoms with E-state index < -0.39 is 17.7 Å². The third-order valence-electron chi connectivity index (χ3n) is 4.34. The number of halogens is 1. The molecule has 0 aliphatic rings. The Hall–Kier alpha value is -3.07. The monoisotopic (exact) mass is 400 g/mol. The van der Waals surface area contributed by atoms with Crippen LogP contribution in [-0.4, -0.2) is 55.0 Å². The van der Waals surface area contributed by atoms with Gasteiger partial charge in [0.1, 0.15) is 11.9 Å². The predicted molar refractivity (Wildman–Crippen MR) is 109 cm³/mol. The molecule has 3 aromatic heterocycles. The maximum Gasteiger partial charge on any atom is 0.255 e. The number of hydrogen-bond donors (Lipinski definition) is 3. The van der Waals surface area contributed by atoms with Crippen molar-refractivity contribution in [2.75, 3.05) is 11.9 Å². The third-order valence-corrected chi connectivity index (χ3v) is 4.34. The lowest BCUT2D eigenvalue weighted by Gasteiger charge is -2.23. The average molecular weight is 400 g/mol. The van der Waals surface area contributed by atoms with Crippen molar-refractivity contribution in [2.45, 2.75) is 45.5 Å². The van der Waals surface area contributed by atoms with Crippen molar-refractivity contribution >= 4 is 17.2 Å². The van der Waals surface area contributed by atoms with E-state index in [0.29, 0.717) is 22.7 Å². The molecule has 0 saturated heterocycles. The summed E-state index contributed by atoms with van der Waals surface area (Å²) in [5, 5.41) is 19.7. The van der Waals surface area contributed by atoms with Gasteiger partial charge in [-0.1, -0.05) is 0 Å². The third kappa shape index (κ3) is 4.68. The molecule has 29 heavy (non-hydrogen) atoms. The van der Waals surface area contributed by atoms with Gasteiger partial charge in [-0.2, -0.15) is 5.10 Å². The number of nitrogens with zero attached hydrogens (tertiary/aromatic N) is 4. The Morgan fingerprint density at radius 3 is 2.76 bits per heavy atom. The molecule has 0 unspecified atom stereocenters. The van der Waals surface area contributed by atoms with Gasteiger partial charge in [0.15, 0.2) is 5.65 Å². The second kappa shape index (κ2) is 8.12. The molecule has 3 heterocycles. The summed E-state index contributed by atoms with van der Waals surface area (Å²) in [4.78, 5) is 21.3. The van der Waals surface area contributed by atoms with Crippen LogP contribution in [0.3, 0.4) is 0 Å². The number of anilines is 1. The minimum Gasteiger partial charge on any atom is -0.387 e. The highest BCUT2D eigenvalue weighted by molar-refractivity contribution is 6.00. The molecular formula is C20H25FN6O2. The second-order valence-electron chi connectivity index (χ2n) is 7.68. The number of rotatable bonds is 7. The summed E-state index contributed by atoms with van der Waals surface area (Å²) in [6, 6.07) is 5.43. The van der Waals surface area contributed by atoms with Crippen LogP contribution in [0.4, 0.5) is 10.1 Å². The van der Waals surface area contributed by atoms with E-state index in [-0.39, 0.29) is 18.2 Å². The van der Waals surface area contributed by atoms with Gasteiger partial charge in [0, 0.05) is 18.4 Å². The molecule has 1 amide bonds. The lowest BCUT2D eigenvalue weighted by atomic mass is 10.0. The molecule has 0 saturated carbocycles. The van der Waals surface area contributed by atoms with Crippen LogP contribution in [0.5, 0.6) is 0 Å². The summed E-state index contributed by atoms with van der Waals surface area (Å²) in [5.74, 6) is -0.477. The molecule has 0 fully saturated rings. The number of pyridine rings is 1. The van der Waals surface area contributed by atoms with Crippen molar-refractivity contribution in [3.63, 3.8) is 0 Å². The lowest BCUT2D eigenvalue weighted by molar-refractivity contribution is -0.00177. The number of hydrogen-bond acceptors (Lipinski definition) is 6. The minimum absolute atomic E-state index is 0.0578. The van der Waals surface area contributed by atoms with Crippen LogP contribution in [-0.2, 0) is 0 Å². The van der Waals surface area contributed by atoms with Gasteiger partial charge in [0.25, 0.3) is 5.91 Å². The number of fused-ring (bicyclic) bond motifs is 1. The molecule has 3 N–H and O–H groups in total. The highest BCUT2D eigenvalue weighted by Gasteiger charge is 2.27. The average Bonchev–Trinajstić information content (AvgIpc) is 3.08. The molecule has 0 radical (unpaired) electrons. The Balaban J connectivity index is 1.91. The van der Waals surface area contributed by atoms with Gasteiger partial charge in [0.2, 0.25) is 0 Å². The van der Waals surface area contributed by atoms with Crippen molar-refractivity contribution in [3.8, 4) is 11.4 Å². The SMILES string of the molecule is CC(C)Nc1cc(-c2cnc3cccnn23)ncc1C(=O)NC[C@@H](F)C(C)(C)O. The number of carbonyl (C=O) groups is 1. The van der Waals surface area contributed by atoms with Gasteiger partial charge in [-0.05, 0) is 45.9 Å². The standard InChI is InChI=1S/C20H25FN6O2/c1-12(2)26-14-8-15(16-10-23-18-6-5-7-25-27(16)18)22-9-13(14)19(28)24-11-17(21)20(3,4)29/h5-10,12,17,29H,11H2,1-4H3,(H,22,26)(H,24,28)/t17-/m1/s1. The number of carbonyl (C=O) groups excluding carboxylic acids is 1. The second-order valence-corrected chi connectivity index (χ2v) is 7.68. The molecule has 154 valence electrons. The fraction of sp³-hybridized carbons (Fsp3) is 0.400. The van der Waals surface area contributed by atoms with Crippen molar-refractivity contribution in [3.05, 3.63) is 42.4 Å². The van der Waals surface area contributed by atoms with Crippen molar-refractivity contribution in [2.24, 2.45) is 0 Å². The number of imidazole rings is 1. The maximum atomic E-state index is 14.0. The first kappa shape index (κ1) is 20.7. The molecule has 0 aromatic carbocycles. The fourth-order valence-corrected chi connectivity index (χ4v) is 2.74. The van der Waals surface area contributed by atoms with Gasteiger partial charge in [-0.15, -0.1) is 0 Å². The minimum atomic E-state index is -1.59. The van der Waals surface area contributed by atoms with Crippen molar-refractivity contribution in [1.82, 2.24) is 24.9 Å². The summed E-state index contributed by atoms with van der Waals surface area (Å²) in [6.07, 6.45) is 3.17. The fourth-order valence-electron chi connectivity index (χ4n) is 2.74. The Bertz CT molecular complexity index is 1010. The maximum absolute atomic E-state index is 14.0. The van der Waals surface area contributed by atoms with E-state index in [4.69, 9.17) is 0 Å². The molecule has 3 rings (SSSR count). The quantitative estimate of drug-likeness (QED) is 0.563. The Labute approximate surface area is 168 Å². The summed E-state index contributed by atoms with van der Waals surface area (Å²) in [7, 11) is 0. The van der Waals surface area contributed by atoms with E-state index in [9.17, 15) is 14.3 Å². The van der Waals surface area contributed by atoms with Crippen LogP contribution in [0, 0.1) is 0 Å². The van der Waals surface area contributed by atoms with Gasteiger partial charge in [-0.25, -0.2) is 13.9 Å². The molecule has 3 aromatic rings. The Morgan fingerprint density at radius 2 is 2.07 bits per heavy atom. The van der Waals surface area contributed by atoms with E-state index in [1.54, 1.807) is 29.0 Å². The number of nitrogens with one attached hydrogen (secondary N) is 2. The van der Waals surface area contributed by atoms with Crippen LogP contribution in [0.15, 0.2) is 36.8 Å². The summed E-state index contributed by atoms with van der Waals surface area (Å²) in [6.45, 7) is 6.31. The van der Waals surface area contributed by atoms with E-state index in [0.717, 1.165) is 0 Å². The van der Waals surface area contributed by atoms with E-state index in [1.165, 1.54) is 20.0 Å². The van der Waals surface area contributed by atoms with Crippen LogP contribution >= 0.6 is 0 Å². The lowest BCUT2D eigenvalue weighted by Crippen LogP contribution is -2.42. The van der Waals surface area contributed by atoms with Gasteiger partial charge < -0.3 is 15.7 Å². The van der Waals surface area contributed by atoms with Gasteiger partial charge in [-0.3, -0.25) is 9.78 Å². The zero-order chi connectivity index (χ0) is 21.2. The molecule has 8 nitrogen and oxygen atoms in total. The van der Waals surface area contributed by atoms with E-state index >= 15 is 0 Å². The van der Waals surface area contributed by atoms with E-state index in [1.807, 2.05) is 19.9 Å². The molecule has 1 atom stereocenters. The van der Waals surface area contributed by atoms with Crippen molar-refractivity contribution < 1.29 is 14.3 Å². The highest BCUT2D eigenvalue weighted by atomic mass is 19.1. The first-order valence-corrected chi connectivity index (χ1v) is 9.37. The zero-order valence-electron chi connectivity index (χ0n) is 16.8. The number of aliphatic hydroxyl groups is 1. The van der Waals surface area contributed by atoms with E-state index in [2.05, 4.69) is 25.7 Å². The smallest absolute Gasteiger partial charge is 0.255 e. The zero-order valence-corrected chi connectivity index (χ0v) is 16.8. The van der Waals surface area contributed by atoms with Crippen LogP contribution in [0.2, 0.25) is 0 Å². The summed E-state index contributed by atoms with van der Waals surface area (Å²) < 4.78 is 15.6. The molecule has 0 spiro atoms. The first-order chi connectivity index (χ1) is 13.7.